The lowest BCUT2D eigenvalue weighted by Crippen LogP contribution is -2.49. The van der Waals surface area contributed by atoms with Crippen LogP contribution in [0.2, 0.25) is 0 Å². The minimum atomic E-state index is -0.217. The Morgan fingerprint density at radius 1 is 1.50 bits per heavy atom. The maximum absolute atomic E-state index is 11.4. The Labute approximate surface area is 83.8 Å². The third kappa shape index (κ3) is 2.13. The molecule has 0 fully saturated rings. The molecule has 2 amide bonds. The number of nitrogens with one attached hydrogen (secondary N) is 2. The van der Waals surface area contributed by atoms with Crippen molar-refractivity contribution in [2.45, 2.75) is 39.7 Å². The van der Waals surface area contributed by atoms with E-state index in [1.807, 2.05) is 6.92 Å². The van der Waals surface area contributed by atoms with Crippen molar-refractivity contribution in [2.75, 3.05) is 0 Å². The number of allylic oxidation sites excluding steroid dienone is 1. The van der Waals surface area contributed by atoms with Crippen LogP contribution in [0.3, 0.4) is 0 Å². The topological polar surface area (TPSA) is 58.2 Å². The molecule has 78 valence electrons. The van der Waals surface area contributed by atoms with Gasteiger partial charge < -0.3 is 10.6 Å². The summed E-state index contributed by atoms with van der Waals surface area (Å²) in [6.07, 6.45) is 1.74. The molecule has 4 heteroatoms. The van der Waals surface area contributed by atoms with Crippen molar-refractivity contribution in [2.24, 2.45) is 0 Å². The van der Waals surface area contributed by atoms with Crippen molar-refractivity contribution in [3.05, 3.63) is 11.3 Å². The van der Waals surface area contributed by atoms with Crippen LogP contribution in [0, 0.1) is 0 Å². The number of carbonyl (C=O) groups is 2. The van der Waals surface area contributed by atoms with E-state index in [0.717, 1.165) is 12.8 Å². The summed E-state index contributed by atoms with van der Waals surface area (Å²) in [6.45, 7) is 5.32. The third-order valence-corrected chi connectivity index (χ3v) is 2.32. The second kappa shape index (κ2) is 4.26. The quantitative estimate of drug-likeness (QED) is 0.715. The lowest BCUT2D eigenvalue weighted by atomic mass is 9.96. The molecule has 2 N–H and O–H groups in total. The number of carbonyl (C=O) groups excluding carboxylic acids is 2. The molecule has 0 radical (unpaired) electrons. The highest BCUT2D eigenvalue weighted by Crippen LogP contribution is 2.16. The molecule has 0 bridgehead atoms. The van der Waals surface area contributed by atoms with E-state index in [1.54, 1.807) is 6.92 Å². The molecule has 1 aliphatic rings. The van der Waals surface area contributed by atoms with E-state index >= 15 is 0 Å². The van der Waals surface area contributed by atoms with E-state index in [4.69, 9.17) is 0 Å². The SMILES string of the molecule is CCC[C@@H]1NC(=O)NC(C)=C1C(C)=O. The summed E-state index contributed by atoms with van der Waals surface area (Å²) in [7, 11) is 0. The number of hydrogen-bond acceptors (Lipinski definition) is 2. The minimum absolute atomic E-state index is 0.0217. The van der Waals surface area contributed by atoms with Crippen LogP contribution < -0.4 is 10.6 Å². The zero-order valence-corrected chi connectivity index (χ0v) is 8.81. The van der Waals surface area contributed by atoms with Crippen molar-refractivity contribution in [3.63, 3.8) is 0 Å². The molecule has 1 rings (SSSR count). The maximum Gasteiger partial charge on any atom is 0.319 e. The van der Waals surface area contributed by atoms with Gasteiger partial charge in [-0.05, 0) is 20.3 Å². The van der Waals surface area contributed by atoms with Crippen LogP contribution in [0.15, 0.2) is 11.3 Å². The van der Waals surface area contributed by atoms with Gasteiger partial charge in [-0.3, -0.25) is 4.79 Å². The van der Waals surface area contributed by atoms with Crippen LogP contribution >= 0.6 is 0 Å². The molecular formula is C10H16N2O2. The fourth-order valence-electron chi connectivity index (χ4n) is 1.78. The van der Waals surface area contributed by atoms with Gasteiger partial charge >= 0.3 is 6.03 Å². The standard InChI is InChI=1S/C10H16N2O2/c1-4-5-8-9(7(3)13)6(2)11-10(14)12-8/h8H,4-5H2,1-3H3,(H2,11,12,14)/t8-/m0/s1. The number of urea groups is 1. The van der Waals surface area contributed by atoms with Gasteiger partial charge in [0.25, 0.3) is 0 Å². The van der Waals surface area contributed by atoms with Gasteiger partial charge in [-0.25, -0.2) is 4.79 Å². The number of rotatable bonds is 3. The van der Waals surface area contributed by atoms with E-state index in [-0.39, 0.29) is 17.9 Å². The second-order valence-electron chi connectivity index (χ2n) is 3.53. The molecule has 0 saturated carbocycles. The Bertz CT molecular complexity index is 294. The van der Waals surface area contributed by atoms with Crippen molar-refractivity contribution < 1.29 is 9.59 Å². The summed E-state index contributed by atoms with van der Waals surface area (Å²) in [5.41, 5.74) is 1.38. The lowest BCUT2D eigenvalue weighted by molar-refractivity contribution is -0.114. The smallest absolute Gasteiger partial charge is 0.319 e. The number of Topliss-reactive ketones (excluding diaryl/α,β-unsaturated/α-hetero) is 1. The zero-order chi connectivity index (χ0) is 10.7. The van der Waals surface area contributed by atoms with Crippen LogP contribution in [-0.2, 0) is 4.79 Å². The fourth-order valence-corrected chi connectivity index (χ4v) is 1.78. The predicted octanol–water partition coefficient (Wildman–Crippen LogP) is 1.33. The molecule has 0 aliphatic carbocycles. The summed E-state index contributed by atoms with van der Waals surface area (Å²) < 4.78 is 0. The molecule has 1 heterocycles. The van der Waals surface area contributed by atoms with Crippen LogP contribution in [0.1, 0.15) is 33.6 Å². The Balaban J connectivity index is 2.96. The van der Waals surface area contributed by atoms with E-state index < -0.39 is 0 Å². The zero-order valence-electron chi connectivity index (χ0n) is 8.81. The first-order valence-electron chi connectivity index (χ1n) is 4.85. The van der Waals surface area contributed by atoms with E-state index in [9.17, 15) is 9.59 Å². The second-order valence-corrected chi connectivity index (χ2v) is 3.53. The highest BCUT2D eigenvalue weighted by atomic mass is 16.2. The first-order chi connectivity index (χ1) is 6.56. The number of amides is 2. The molecule has 0 unspecified atom stereocenters. The maximum atomic E-state index is 11.4. The average Bonchev–Trinajstić information content (AvgIpc) is 2.01. The van der Waals surface area contributed by atoms with Gasteiger partial charge in [0, 0.05) is 11.3 Å². The van der Waals surface area contributed by atoms with Gasteiger partial charge in [0.1, 0.15) is 0 Å². The normalized spacial score (nSPS) is 21.6. The molecule has 0 aromatic heterocycles. The number of ketones is 1. The Hall–Kier alpha value is -1.32. The van der Waals surface area contributed by atoms with Gasteiger partial charge in [0.15, 0.2) is 5.78 Å². The van der Waals surface area contributed by atoms with Crippen LogP contribution in [0.25, 0.3) is 0 Å². The monoisotopic (exact) mass is 196 g/mol. The summed E-state index contributed by atoms with van der Waals surface area (Å²) in [5.74, 6) is 0.0217. The molecule has 0 aromatic rings. The summed E-state index contributed by atoms with van der Waals surface area (Å²) in [5, 5.41) is 5.36. The van der Waals surface area contributed by atoms with Gasteiger partial charge in [-0.1, -0.05) is 13.3 Å². The predicted molar refractivity (Wildman–Crippen MR) is 53.7 cm³/mol. The Kier molecular flexibility index (Phi) is 3.28. The molecule has 0 spiro atoms. The van der Waals surface area contributed by atoms with Gasteiger partial charge in [0.05, 0.1) is 6.04 Å². The molecule has 0 saturated heterocycles. The Morgan fingerprint density at radius 3 is 2.64 bits per heavy atom. The molecule has 14 heavy (non-hydrogen) atoms. The molecular weight excluding hydrogens is 180 g/mol. The van der Waals surface area contributed by atoms with Crippen molar-refractivity contribution in [3.8, 4) is 0 Å². The van der Waals surface area contributed by atoms with Crippen molar-refractivity contribution >= 4 is 11.8 Å². The summed E-state index contributed by atoms with van der Waals surface area (Å²) in [4.78, 5) is 22.5. The molecule has 4 nitrogen and oxygen atoms in total. The Morgan fingerprint density at radius 2 is 2.14 bits per heavy atom. The highest BCUT2D eigenvalue weighted by Gasteiger charge is 2.26. The van der Waals surface area contributed by atoms with Crippen molar-refractivity contribution in [1.82, 2.24) is 10.6 Å². The van der Waals surface area contributed by atoms with Crippen LogP contribution in [-0.4, -0.2) is 17.9 Å². The lowest BCUT2D eigenvalue weighted by Gasteiger charge is -2.27. The van der Waals surface area contributed by atoms with Gasteiger partial charge in [-0.15, -0.1) is 0 Å². The van der Waals surface area contributed by atoms with E-state index in [1.165, 1.54) is 6.92 Å². The fraction of sp³-hybridized carbons (Fsp3) is 0.600. The number of hydrogen-bond donors (Lipinski definition) is 2. The van der Waals surface area contributed by atoms with E-state index in [2.05, 4.69) is 10.6 Å². The summed E-state index contributed by atoms with van der Waals surface area (Å²) >= 11 is 0. The minimum Gasteiger partial charge on any atom is -0.331 e. The van der Waals surface area contributed by atoms with Crippen molar-refractivity contribution in [1.29, 1.82) is 0 Å². The first kappa shape index (κ1) is 10.8. The molecule has 1 aliphatic heterocycles. The van der Waals surface area contributed by atoms with Gasteiger partial charge in [-0.2, -0.15) is 0 Å². The van der Waals surface area contributed by atoms with Crippen LogP contribution in [0.5, 0.6) is 0 Å². The highest BCUT2D eigenvalue weighted by molar-refractivity contribution is 5.98. The third-order valence-electron chi connectivity index (χ3n) is 2.32. The summed E-state index contributed by atoms with van der Waals surface area (Å²) in [6, 6.07) is -0.336. The first-order valence-corrected chi connectivity index (χ1v) is 4.85. The average molecular weight is 196 g/mol. The van der Waals surface area contributed by atoms with E-state index in [0.29, 0.717) is 11.3 Å². The molecule has 1 atom stereocenters. The largest absolute Gasteiger partial charge is 0.331 e. The van der Waals surface area contributed by atoms with Gasteiger partial charge in [0.2, 0.25) is 0 Å². The van der Waals surface area contributed by atoms with Crippen LogP contribution in [0.4, 0.5) is 4.79 Å². The molecule has 0 aromatic carbocycles.